The average Bonchev–Trinajstić information content (AvgIpc) is 2.88. The molecular formula is C28H30N2O8. The molecule has 1 fully saturated rings. The van der Waals surface area contributed by atoms with Crippen molar-refractivity contribution in [1.82, 2.24) is 0 Å². The molecule has 10 heteroatoms. The monoisotopic (exact) mass is 522 g/mol. The van der Waals surface area contributed by atoms with E-state index in [0.717, 1.165) is 12.5 Å². The zero-order valence-corrected chi connectivity index (χ0v) is 21.6. The molecule has 1 aromatic heterocycles. The molecule has 0 saturated carbocycles. The van der Waals surface area contributed by atoms with Gasteiger partial charge in [0, 0.05) is 30.3 Å². The molecule has 2 heterocycles. The van der Waals surface area contributed by atoms with E-state index in [1.165, 1.54) is 12.1 Å². The van der Waals surface area contributed by atoms with Gasteiger partial charge in [-0.1, -0.05) is 12.6 Å². The number of rotatable bonds is 7. The molecule has 0 aliphatic carbocycles. The Morgan fingerprint density at radius 1 is 1.18 bits per heavy atom. The zero-order chi connectivity index (χ0) is 27.6. The number of carbonyl (C=O) groups is 2. The summed E-state index contributed by atoms with van der Waals surface area (Å²) in [5.74, 6) is -1.11. The maximum atomic E-state index is 12.8. The average molecular weight is 523 g/mol. The number of methoxy groups -OCH3 is 1. The predicted octanol–water partition coefficient (Wildman–Crippen LogP) is 4.49. The van der Waals surface area contributed by atoms with E-state index in [1.54, 1.807) is 38.3 Å². The highest BCUT2D eigenvalue weighted by atomic mass is 16.7. The van der Waals surface area contributed by atoms with Gasteiger partial charge < -0.3 is 34.4 Å². The molecule has 2 amide bonds. The van der Waals surface area contributed by atoms with E-state index in [-0.39, 0.29) is 22.6 Å². The Hall–Kier alpha value is -4.15. The quantitative estimate of drug-likeness (QED) is 0.305. The summed E-state index contributed by atoms with van der Waals surface area (Å²) in [6, 6.07) is 9.27. The second-order valence-electron chi connectivity index (χ2n) is 9.48. The fraction of sp³-hybridized carbons (Fsp3) is 0.321. The lowest BCUT2D eigenvalue weighted by Gasteiger charge is -2.41. The van der Waals surface area contributed by atoms with Gasteiger partial charge in [-0.2, -0.15) is 0 Å². The first-order valence-electron chi connectivity index (χ1n) is 12.1. The third-order valence-electron chi connectivity index (χ3n) is 6.48. The highest BCUT2D eigenvalue weighted by Crippen LogP contribution is 2.37. The molecular weight excluding hydrogens is 492 g/mol. The number of hydrogen-bond acceptors (Lipinski definition) is 8. The molecule has 200 valence electrons. The van der Waals surface area contributed by atoms with Crippen LogP contribution in [0.4, 0.5) is 11.4 Å². The van der Waals surface area contributed by atoms with Crippen LogP contribution in [-0.2, 0) is 14.3 Å². The van der Waals surface area contributed by atoms with Gasteiger partial charge in [0.1, 0.15) is 11.3 Å². The van der Waals surface area contributed by atoms with Crippen molar-refractivity contribution in [3.05, 3.63) is 70.6 Å². The number of nitrogens with one attached hydrogen (secondary N) is 2. The van der Waals surface area contributed by atoms with Gasteiger partial charge in [0.05, 0.1) is 17.1 Å². The molecule has 3 aromatic rings. The van der Waals surface area contributed by atoms with Gasteiger partial charge in [-0.15, -0.1) is 0 Å². The lowest BCUT2D eigenvalue weighted by molar-refractivity contribution is -0.233. The van der Waals surface area contributed by atoms with Crippen molar-refractivity contribution in [2.45, 2.75) is 51.6 Å². The maximum absolute atomic E-state index is 12.8. The van der Waals surface area contributed by atoms with Crippen LogP contribution < -0.4 is 21.0 Å². The number of aryl methyl sites for hydroxylation is 1. The van der Waals surface area contributed by atoms with Crippen LogP contribution in [0.25, 0.3) is 11.0 Å². The summed E-state index contributed by atoms with van der Waals surface area (Å²) in [5.41, 5.74) is -0.746. The molecule has 4 rings (SSSR count). The fourth-order valence-corrected chi connectivity index (χ4v) is 4.46. The fourth-order valence-electron chi connectivity index (χ4n) is 4.46. The largest absolute Gasteiger partial charge is 0.505 e. The van der Waals surface area contributed by atoms with Crippen molar-refractivity contribution in [2.75, 3.05) is 17.7 Å². The zero-order valence-electron chi connectivity index (χ0n) is 21.6. The molecule has 3 N–H and O–H groups in total. The maximum Gasteiger partial charge on any atom is 0.364 e. The van der Waals surface area contributed by atoms with E-state index in [4.69, 9.17) is 18.6 Å². The molecule has 38 heavy (non-hydrogen) atoms. The van der Waals surface area contributed by atoms with Crippen LogP contribution in [0.3, 0.4) is 0 Å². The third-order valence-corrected chi connectivity index (χ3v) is 6.48. The first kappa shape index (κ1) is 26.9. The summed E-state index contributed by atoms with van der Waals surface area (Å²) in [4.78, 5) is 37.2. The lowest BCUT2D eigenvalue weighted by Crippen LogP contribution is -2.49. The Morgan fingerprint density at radius 3 is 2.63 bits per heavy atom. The van der Waals surface area contributed by atoms with Crippen molar-refractivity contribution < 1.29 is 33.3 Å². The number of ether oxygens (including phenoxy) is 3. The number of aromatic hydroxyl groups is 1. The number of anilines is 2. The van der Waals surface area contributed by atoms with E-state index in [0.29, 0.717) is 23.4 Å². The second-order valence-corrected chi connectivity index (χ2v) is 9.48. The second kappa shape index (κ2) is 10.7. The topological polar surface area (TPSA) is 136 Å². The highest BCUT2D eigenvalue weighted by Gasteiger charge is 2.39. The van der Waals surface area contributed by atoms with Crippen LogP contribution in [0, 0.1) is 6.92 Å². The smallest absolute Gasteiger partial charge is 0.364 e. The Kier molecular flexibility index (Phi) is 7.56. The van der Waals surface area contributed by atoms with E-state index in [2.05, 4.69) is 17.2 Å². The number of benzene rings is 2. The van der Waals surface area contributed by atoms with Gasteiger partial charge in [-0.25, -0.2) is 4.79 Å². The van der Waals surface area contributed by atoms with E-state index >= 15 is 0 Å². The molecule has 1 aliphatic heterocycles. The van der Waals surface area contributed by atoms with E-state index < -0.39 is 40.8 Å². The van der Waals surface area contributed by atoms with Crippen LogP contribution in [0.5, 0.6) is 11.5 Å². The van der Waals surface area contributed by atoms with Crippen molar-refractivity contribution >= 4 is 34.2 Å². The lowest BCUT2D eigenvalue weighted by atomic mass is 9.94. The summed E-state index contributed by atoms with van der Waals surface area (Å²) >= 11 is 0. The Labute approximate surface area is 219 Å². The van der Waals surface area contributed by atoms with Gasteiger partial charge in [-0.05, 0) is 63.6 Å². The third kappa shape index (κ3) is 5.41. The summed E-state index contributed by atoms with van der Waals surface area (Å²) in [6.45, 7) is 8.96. The SMILES string of the molecule is C=CC(=O)Nc1cccc(C(=O)Nc2c(O)c3ccc(O[C@H]4CC[C@@H](OC)C(C)(C)O4)c(C)c3oc2=O)c1. The van der Waals surface area contributed by atoms with Crippen LogP contribution >= 0.6 is 0 Å². The molecule has 1 saturated heterocycles. The molecule has 2 aromatic carbocycles. The van der Waals surface area contributed by atoms with Crippen LogP contribution in [0.1, 0.15) is 42.6 Å². The van der Waals surface area contributed by atoms with Gasteiger partial charge in [0.2, 0.25) is 12.2 Å². The molecule has 2 atom stereocenters. The minimum Gasteiger partial charge on any atom is -0.505 e. The van der Waals surface area contributed by atoms with Crippen molar-refractivity contribution in [2.24, 2.45) is 0 Å². The first-order valence-corrected chi connectivity index (χ1v) is 12.1. The summed E-state index contributed by atoms with van der Waals surface area (Å²) in [5, 5.41) is 16.1. The number of fused-ring (bicyclic) bond motifs is 1. The van der Waals surface area contributed by atoms with Crippen molar-refractivity contribution in [3.8, 4) is 11.5 Å². The Balaban J connectivity index is 1.58. The summed E-state index contributed by atoms with van der Waals surface area (Å²) < 4.78 is 23.1. The first-order chi connectivity index (χ1) is 18.0. The normalized spacial score (nSPS) is 18.5. The van der Waals surface area contributed by atoms with Crippen LogP contribution in [-0.4, -0.2) is 42.0 Å². The predicted molar refractivity (Wildman–Crippen MR) is 142 cm³/mol. The van der Waals surface area contributed by atoms with E-state index in [9.17, 15) is 19.5 Å². The van der Waals surface area contributed by atoms with Crippen molar-refractivity contribution in [1.29, 1.82) is 0 Å². The number of carbonyl (C=O) groups excluding carboxylic acids is 2. The van der Waals surface area contributed by atoms with Crippen LogP contribution in [0.2, 0.25) is 0 Å². The molecule has 0 bridgehead atoms. The van der Waals surface area contributed by atoms with Crippen molar-refractivity contribution in [3.63, 3.8) is 0 Å². The summed E-state index contributed by atoms with van der Waals surface area (Å²) in [7, 11) is 1.65. The molecule has 10 nitrogen and oxygen atoms in total. The number of hydrogen-bond donors (Lipinski definition) is 3. The minimum atomic E-state index is -0.933. The summed E-state index contributed by atoms with van der Waals surface area (Å²) in [6.07, 6.45) is 1.88. The number of amides is 2. The molecule has 0 unspecified atom stereocenters. The van der Waals surface area contributed by atoms with Gasteiger partial charge in [-0.3, -0.25) is 9.59 Å². The van der Waals surface area contributed by atoms with E-state index in [1.807, 2.05) is 13.8 Å². The highest BCUT2D eigenvalue weighted by molar-refractivity contribution is 6.07. The molecule has 0 spiro atoms. The molecule has 0 radical (unpaired) electrons. The van der Waals surface area contributed by atoms with Gasteiger partial charge in [0.25, 0.3) is 5.91 Å². The molecule has 1 aliphatic rings. The standard InChI is InChI=1S/C28H30N2O8/c1-6-21(31)29-17-9-7-8-16(14-17)26(33)30-23-24(32)18-10-11-19(15(2)25(18)37-27(23)34)36-22-13-12-20(35-5)28(3,4)38-22/h6-11,14,20,22,32H,1,12-13H2,2-5H3,(H,29,31)(H,30,33)/t20-,22-/m1/s1. The Morgan fingerprint density at radius 2 is 1.95 bits per heavy atom. The van der Waals surface area contributed by atoms with Crippen LogP contribution in [0.15, 0.2) is 58.3 Å². The Bertz CT molecular complexity index is 1460. The van der Waals surface area contributed by atoms with Gasteiger partial charge in [0.15, 0.2) is 11.4 Å². The minimum absolute atomic E-state index is 0.0583. The van der Waals surface area contributed by atoms with Gasteiger partial charge >= 0.3 is 5.63 Å².